The number of fused-ring (bicyclic) bond motifs is 1. The lowest BCUT2D eigenvalue weighted by atomic mass is 10.1. The van der Waals surface area contributed by atoms with Crippen molar-refractivity contribution in [3.8, 4) is 0 Å². The molecule has 1 fully saturated rings. The molecule has 4 atom stereocenters. The van der Waals surface area contributed by atoms with Crippen LogP contribution in [0.1, 0.15) is 45.8 Å². The third-order valence-electron chi connectivity index (χ3n) is 4.77. The molecule has 9 nitrogen and oxygen atoms in total. The standard InChI is InChI=1S/C17H27N5O4/c1-3-5-10(6-4-2)21-15-12-16(19-8-18-15)22(9-20-12)17-14(25)13(24)11(7-23)26-17/h8-11,13-14,17,23-25H,3-7H2,1-2H3,(H,18,19,21)/t11-,13-,14-,17?/m1/s1. The van der Waals surface area contributed by atoms with Gasteiger partial charge in [-0.15, -0.1) is 0 Å². The number of aromatic nitrogens is 4. The van der Waals surface area contributed by atoms with Gasteiger partial charge < -0.3 is 25.4 Å². The number of imidazole rings is 1. The van der Waals surface area contributed by atoms with Gasteiger partial charge in [0.1, 0.15) is 24.6 Å². The minimum atomic E-state index is -1.18. The van der Waals surface area contributed by atoms with Crippen molar-refractivity contribution in [1.29, 1.82) is 0 Å². The van der Waals surface area contributed by atoms with Crippen LogP contribution in [0.5, 0.6) is 0 Å². The number of aliphatic hydroxyl groups is 3. The Morgan fingerprint density at radius 2 is 1.88 bits per heavy atom. The summed E-state index contributed by atoms with van der Waals surface area (Å²) in [6.07, 6.45) is 3.13. The number of ether oxygens (including phenoxy) is 1. The Morgan fingerprint density at radius 3 is 2.50 bits per heavy atom. The highest BCUT2D eigenvalue weighted by atomic mass is 16.6. The Labute approximate surface area is 152 Å². The second-order valence-corrected chi connectivity index (χ2v) is 6.69. The molecule has 1 saturated heterocycles. The van der Waals surface area contributed by atoms with Gasteiger partial charge in [-0.05, 0) is 12.8 Å². The van der Waals surface area contributed by atoms with Crippen LogP contribution < -0.4 is 5.32 Å². The van der Waals surface area contributed by atoms with Crippen LogP contribution in [0.3, 0.4) is 0 Å². The van der Waals surface area contributed by atoms with E-state index in [-0.39, 0.29) is 6.61 Å². The van der Waals surface area contributed by atoms with Crippen molar-refractivity contribution in [2.45, 2.75) is 70.1 Å². The lowest BCUT2D eigenvalue weighted by Crippen LogP contribution is -2.33. The third kappa shape index (κ3) is 3.52. The Hall–Kier alpha value is -1.81. The number of hydrogen-bond donors (Lipinski definition) is 4. The summed E-state index contributed by atoms with van der Waals surface area (Å²) in [7, 11) is 0. The van der Waals surface area contributed by atoms with E-state index >= 15 is 0 Å². The van der Waals surface area contributed by atoms with Gasteiger partial charge in [0.15, 0.2) is 23.2 Å². The average Bonchev–Trinajstić information content (AvgIpc) is 3.18. The lowest BCUT2D eigenvalue weighted by molar-refractivity contribution is -0.0511. The summed E-state index contributed by atoms with van der Waals surface area (Å²) < 4.78 is 7.15. The monoisotopic (exact) mass is 365 g/mol. The zero-order chi connectivity index (χ0) is 18.7. The molecule has 0 aliphatic carbocycles. The molecule has 0 radical (unpaired) electrons. The summed E-state index contributed by atoms with van der Waals surface area (Å²) in [4.78, 5) is 13.0. The molecular weight excluding hydrogens is 338 g/mol. The number of aliphatic hydroxyl groups excluding tert-OH is 3. The molecule has 0 bridgehead atoms. The fraction of sp³-hybridized carbons (Fsp3) is 0.706. The first-order valence-corrected chi connectivity index (χ1v) is 9.17. The molecule has 0 aromatic carbocycles. The van der Waals surface area contributed by atoms with E-state index in [4.69, 9.17) is 4.74 Å². The molecule has 0 spiro atoms. The van der Waals surface area contributed by atoms with Crippen molar-refractivity contribution in [2.24, 2.45) is 0 Å². The molecule has 3 heterocycles. The predicted octanol–water partition coefficient (Wildman–Crippen LogP) is 0.818. The van der Waals surface area contributed by atoms with E-state index in [0.29, 0.717) is 23.0 Å². The highest BCUT2D eigenvalue weighted by molar-refractivity contribution is 5.82. The number of hydrogen-bond acceptors (Lipinski definition) is 8. The van der Waals surface area contributed by atoms with Crippen LogP contribution in [0.15, 0.2) is 12.7 Å². The van der Waals surface area contributed by atoms with Crippen LogP contribution in [0.25, 0.3) is 11.2 Å². The first-order valence-electron chi connectivity index (χ1n) is 9.17. The molecule has 2 aromatic rings. The summed E-state index contributed by atoms with van der Waals surface area (Å²) >= 11 is 0. The quantitative estimate of drug-likeness (QED) is 0.542. The van der Waals surface area contributed by atoms with Crippen LogP contribution in [0, 0.1) is 0 Å². The zero-order valence-electron chi connectivity index (χ0n) is 15.1. The van der Waals surface area contributed by atoms with Crippen molar-refractivity contribution in [1.82, 2.24) is 19.5 Å². The fourth-order valence-corrected chi connectivity index (χ4v) is 3.43. The van der Waals surface area contributed by atoms with Crippen molar-refractivity contribution < 1.29 is 20.1 Å². The van der Waals surface area contributed by atoms with E-state index in [9.17, 15) is 15.3 Å². The van der Waals surface area contributed by atoms with E-state index in [1.54, 1.807) is 4.57 Å². The van der Waals surface area contributed by atoms with Gasteiger partial charge >= 0.3 is 0 Å². The summed E-state index contributed by atoms with van der Waals surface area (Å²) in [5, 5.41) is 32.9. The highest BCUT2D eigenvalue weighted by Gasteiger charge is 2.44. The van der Waals surface area contributed by atoms with E-state index < -0.39 is 24.5 Å². The van der Waals surface area contributed by atoms with Crippen LogP contribution >= 0.6 is 0 Å². The number of rotatable bonds is 8. The van der Waals surface area contributed by atoms with E-state index in [1.807, 2.05) is 0 Å². The van der Waals surface area contributed by atoms with E-state index in [1.165, 1.54) is 12.7 Å². The van der Waals surface area contributed by atoms with Crippen molar-refractivity contribution >= 4 is 17.0 Å². The Kier molecular flexibility index (Phi) is 6.02. The molecule has 144 valence electrons. The minimum Gasteiger partial charge on any atom is -0.394 e. The van der Waals surface area contributed by atoms with Crippen molar-refractivity contribution in [2.75, 3.05) is 11.9 Å². The maximum atomic E-state index is 10.3. The van der Waals surface area contributed by atoms with E-state index in [0.717, 1.165) is 25.7 Å². The van der Waals surface area contributed by atoms with Crippen molar-refractivity contribution in [3.05, 3.63) is 12.7 Å². The third-order valence-corrected chi connectivity index (χ3v) is 4.77. The first kappa shape index (κ1) is 19.0. The Morgan fingerprint density at radius 1 is 1.15 bits per heavy atom. The summed E-state index contributed by atoms with van der Waals surface area (Å²) in [6, 6.07) is 0.308. The van der Waals surface area contributed by atoms with Gasteiger partial charge in [0.2, 0.25) is 0 Å². The lowest BCUT2D eigenvalue weighted by Gasteiger charge is -2.19. The summed E-state index contributed by atoms with van der Waals surface area (Å²) in [5.41, 5.74) is 1.09. The van der Waals surface area contributed by atoms with Crippen LogP contribution in [0.2, 0.25) is 0 Å². The molecular formula is C17H27N5O4. The zero-order valence-corrected chi connectivity index (χ0v) is 15.1. The van der Waals surface area contributed by atoms with Crippen LogP contribution in [-0.2, 0) is 4.74 Å². The molecule has 1 aliphatic rings. The number of nitrogens with zero attached hydrogens (tertiary/aromatic N) is 4. The largest absolute Gasteiger partial charge is 0.394 e. The topological polar surface area (TPSA) is 126 Å². The number of anilines is 1. The van der Waals surface area contributed by atoms with Crippen LogP contribution in [-0.4, -0.2) is 65.8 Å². The van der Waals surface area contributed by atoms with Gasteiger partial charge in [-0.1, -0.05) is 26.7 Å². The van der Waals surface area contributed by atoms with Gasteiger partial charge in [-0.25, -0.2) is 15.0 Å². The Bertz CT molecular complexity index is 718. The summed E-state index contributed by atoms with van der Waals surface area (Å²) in [6.45, 7) is 3.92. The van der Waals surface area contributed by atoms with Gasteiger partial charge in [0.25, 0.3) is 0 Å². The smallest absolute Gasteiger partial charge is 0.167 e. The van der Waals surface area contributed by atoms with Crippen LogP contribution in [0.4, 0.5) is 5.82 Å². The fourth-order valence-electron chi connectivity index (χ4n) is 3.43. The number of nitrogens with one attached hydrogen (secondary N) is 1. The SMILES string of the molecule is CCCC(CCC)Nc1ncnc2c1ncn2C1O[C@H](CO)[C@@H](O)[C@H]1O. The maximum absolute atomic E-state index is 10.3. The minimum absolute atomic E-state index is 0.308. The molecule has 2 aromatic heterocycles. The first-order chi connectivity index (χ1) is 12.6. The molecule has 1 unspecified atom stereocenters. The molecule has 4 N–H and O–H groups in total. The normalized spacial score (nSPS) is 26.1. The average molecular weight is 365 g/mol. The predicted molar refractivity (Wildman–Crippen MR) is 95.6 cm³/mol. The van der Waals surface area contributed by atoms with Gasteiger partial charge in [-0.3, -0.25) is 4.57 Å². The second-order valence-electron chi connectivity index (χ2n) is 6.69. The van der Waals surface area contributed by atoms with Gasteiger partial charge in [0.05, 0.1) is 12.9 Å². The van der Waals surface area contributed by atoms with Gasteiger partial charge in [0, 0.05) is 6.04 Å². The molecule has 26 heavy (non-hydrogen) atoms. The molecule has 1 aliphatic heterocycles. The van der Waals surface area contributed by atoms with Gasteiger partial charge in [-0.2, -0.15) is 0 Å². The highest BCUT2D eigenvalue weighted by Crippen LogP contribution is 2.32. The molecule has 3 rings (SSSR count). The summed E-state index contributed by atoms with van der Waals surface area (Å²) in [5.74, 6) is 0.646. The Balaban J connectivity index is 1.89. The molecule has 0 saturated carbocycles. The molecule has 0 amide bonds. The van der Waals surface area contributed by atoms with Crippen molar-refractivity contribution in [3.63, 3.8) is 0 Å². The maximum Gasteiger partial charge on any atom is 0.167 e. The second kappa shape index (κ2) is 8.26. The van der Waals surface area contributed by atoms with E-state index in [2.05, 4.69) is 34.1 Å². The molecule has 9 heteroatoms.